The molecule has 2 N–H and O–H groups in total. The molecule has 1 aliphatic rings. The topological polar surface area (TPSA) is 47.6 Å². The molecule has 1 amide bonds. The van der Waals surface area contributed by atoms with Crippen LogP contribution in [0.1, 0.15) is 19.8 Å². The fourth-order valence-corrected chi connectivity index (χ4v) is 2.72. The van der Waals surface area contributed by atoms with Gasteiger partial charge < -0.3 is 20.4 Å². The van der Waals surface area contributed by atoms with Crippen molar-refractivity contribution in [3.05, 3.63) is 24.3 Å². The van der Waals surface area contributed by atoms with Crippen LogP contribution in [0.2, 0.25) is 0 Å². The SMILES string of the molecule is CC1CCN(c2ccc(NCC(=O)NCCN(C)C)cc2)CC1. The Balaban J connectivity index is 1.73. The van der Waals surface area contributed by atoms with Crippen molar-refractivity contribution in [1.29, 1.82) is 0 Å². The fourth-order valence-electron chi connectivity index (χ4n) is 2.72. The first kappa shape index (κ1) is 17.6. The maximum absolute atomic E-state index is 11.7. The standard InChI is InChI=1S/C18H30N4O/c1-15-8-11-22(12-9-15)17-6-4-16(5-7-17)20-14-18(23)19-10-13-21(2)3/h4-7,15,20H,8-14H2,1-3H3,(H,19,23). The highest BCUT2D eigenvalue weighted by Crippen LogP contribution is 2.24. The number of carbonyl (C=O) groups is 1. The van der Waals surface area contributed by atoms with E-state index >= 15 is 0 Å². The highest BCUT2D eigenvalue weighted by Gasteiger charge is 2.15. The first-order valence-electron chi connectivity index (χ1n) is 8.55. The van der Waals surface area contributed by atoms with Gasteiger partial charge in [-0.05, 0) is 57.1 Å². The van der Waals surface area contributed by atoms with Gasteiger partial charge >= 0.3 is 0 Å². The smallest absolute Gasteiger partial charge is 0.239 e. The quantitative estimate of drug-likeness (QED) is 0.807. The van der Waals surface area contributed by atoms with Gasteiger partial charge in [0, 0.05) is 37.6 Å². The molecule has 5 nitrogen and oxygen atoms in total. The number of hydrogen-bond donors (Lipinski definition) is 2. The van der Waals surface area contributed by atoms with Gasteiger partial charge in [0.1, 0.15) is 0 Å². The maximum atomic E-state index is 11.7. The summed E-state index contributed by atoms with van der Waals surface area (Å²) in [6.45, 7) is 6.46. The Morgan fingerprint density at radius 3 is 2.48 bits per heavy atom. The van der Waals surface area contributed by atoms with Crippen LogP contribution in [-0.4, -0.2) is 57.6 Å². The number of amides is 1. The van der Waals surface area contributed by atoms with Crippen LogP contribution in [0.3, 0.4) is 0 Å². The molecule has 0 unspecified atom stereocenters. The third-order valence-electron chi connectivity index (χ3n) is 4.35. The summed E-state index contributed by atoms with van der Waals surface area (Å²) >= 11 is 0. The highest BCUT2D eigenvalue weighted by molar-refractivity contribution is 5.80. The van der Waals surface area contributed by atoms with Crippen molar-refractivity contribution in [2.24, 2.45) is 5.92 Å². The van der Waals surface area contributed by atoms with E-state index in [0.29, 0.717) is 13.1 Å². The van der Waals surface area contributed by atoms with Gasteiger partial charge in [0.25, 0.3) is 0 Å². The Bertz CT molecular complexity index is 478. The lowest BCUT2D eigenvalue weighted by Crippen LogP contribution is -2.35. The molecule has 1 heterocycles. The second-order valence-corrected chi connectivity index (χ2v) is 6.72. The minimum absolute atomic E-state index is 0.0287. The van der Waals surface area contributed by atoms with E-state index in [0.717, 1.165) is 31.2 Å². The third-order valence-corrected chi connectivity index (χ3v) is 4.35. The summed E-state index contributed by atoms with van der Waals surface area (Å²) in [6, 6.07) is 8.39. The van der Waals surface area contributed by atoms with E-state index in [1.165, 1.54) is 18.5 Å². The summed E-state index contributed by atoms with van der Waals surface area (Å²) in [7, 11) is 3.99. The zero-order valence-electron chi connectivity index (χ0n) is 14.6. The summed E-state index contributed by atoms with van der Waals surface area (Å²) in [6.07, 6.45) is 2.54. The lowest BCUT2D eigenvalue weighted by atomic mass is 9.99. The molecule has 0 radical (unpaired) electrons. The first-order chi connectivity index (χ1) is 11.0. The van der Waals surface area contributed by atoms with E-state index in [4.69, 9.17) is 0 Å². The lowest BCUT2D eigenvalue weighted by molar-refractivity contribution is -0.119. The predicted octanol–water partition coefficient (Wildman–Crippen LogP) is 2.01. The van der Waals surface area contributed by atoms with Crippen LogP contribution in [0.4, 0.5) is 11.4 Å². The van der Waals surface area contributed by atoms with E-state index in [-0.39, 0.29) is 5.91 Å². The Hall–Kier alpha value is -1.75. The summed E-state index contributed by atoms with van der Waals surface area (Å²) < 4.78 is 0. The van der Waals surface area contributed by atoms with Gasteiger partial charge in [-0.15, -0.1) is 0 Å². The molecular weight excluding hydrogens is 288 g/mol. The Morgan fingerprint density at radius 2 is 1.87 bits per heavy atom. The monoisotopic (exact) mass is 318 g/mol. The van der Waals surface area contributed by atoms with E-state index in [9.17, 15) is 4.79 Å². The van der Waals surface area contributed by atoms with Crippen molar-refractivity contribution in [2.75, 3.05) is 57.0 Å². The molecule has 5 heteroatoms. The van der Waals surface area contributed by atoms with E-state index in [2.05, 4.69) is 46.7 Å². The Morgan fingerprint density at radius 1 is 1.22 bits per heavy atom. The van der Waals surface area contributed by atoms with Crippen molar-refractivity contribution in [2.45, 2.75) is 19.8 Å². The van der Waals surface area contributed by atoms with E-state index in [1.807, 2.05) is 19.0 Å². The van der Waals surface area contributed by atoms with Gasteiger partial charge in [-0.2, -0.15) is 0 Å². The van der Waals surface area contributed by atoms with Gasteiger partial charge in [0.05, 0.1) is 6.54 Å². The molecule has 1 fully saturated rings. The zero-order valence-corrected chi connectivity index (χ0v) is 14.6. The average molecular weight is 318 g/mol. The molecule has 0 saturated carbocycles. The van der Waals surface area contributed by atoms with Crippen molar-refractivity contribution >= 4 is 17.3 Å². The van der Waals surface area contributed by atoms with Gasteiger partial charge in [0.2, 0.25) is 5.91 Å². The number of hydrogen-bond acceptors (Lipinski definition) is 4. The number of anilines is 2. The third kappa shape index (κ3) is 6.10. The maximum Gasteiger partial charge on any atom is 0.239 e. The van der Waals surface area contributed by atoms with Gasteiger partial charge in [0.15, 0.2) is 0 Å². The Labute approximate surface area is 140 Å². The molecule has 0 aliphatic carbocycles. The number of benzene rings is 1. The largest absolute Gasteiger partial charge is 0.376 e. The minimum atomic E-state index is 0.0287. The number of rotatable bonds is 7. The van der Waals surface area contributed by atoms with Crippen LogP contribution >= 0.6 is 0 Å². The summed E-state index contributed by atoms with van der Waals surface area (Å²) in [4.78, 5) is 16.2. The van der Waals surface area contributed by atoms with Crippen LogP contribution in [0, 0.1) is 5.92 Å². The number of likely N-dealkylation sites (N-methyl/N-ethyl adjacent to an activating group) is 1. The van der Waals surface area contributed by atoms with Crippen molar-refractivity contribution in [1.82, 2.24) is 10.2 Å². The summed E-state index contributed by atoms with van der Waals surface area (Å²) in [5.74, 6) is 0.874. The van der Waals surface area contributed by atoms with Crippen molar-refractivity contribution in [3.8, 4) is 0 Å². The van der Waals surface area contributed by atoms with Gasteiger partial charge in [-0.1, -0.05) is 6.92 Å². The minimum Gasteiger partial charge on any atom is -0.376 e. The van der Waals surface area contributed by atoms with Gasteiger partial charge in [-0.25, -0.2) is 0 Å². The molecule has 2 rings (SSSR count). The molecular formula is C18H30N4O. The number of piperidine rings is 1. The molecule has 128 valence electrons. The predicted molar refractivity (Wildman–Crippen MR) is 97.1 cm³/mol. The second-order valence-electron chi connectivity index (χ2n) is 6.72. The molecule has 0 bridgehead atoms. The van der Waals surface area contributed by atoms with E-state index in [1.54, 1.807) is 0 Å². The Kier molecular flexibility index (Phi) is 6.71. The number of nitrogens with one attached hydrogen (secondary N) is 2. The molecule has 0 aromatic heterocycles. The fraction of sp³-hybridized carbons (Fsp3) is 0.611. The number of nitrogens with zero attached hydrogens (tertiary/aromatic N) is 2. The van der Waals surface area contributed by atoms with Crippen molar-refractivity contribution < 1.29 is 4.79 Å². The van der Waals surface area contributed by atoms with Crippen LogP contribution in [0.25, 0.3) is 0 Å². The zero-order chi connectivity index (χ0) is 16.7. The normalized spacial score (nSPS) is 15.7. The summed E-state index contributed by atoms with van der Waals surface area (Å²) in [5.41, 5.74) is 2.26. The molecule has 1 aromatic carbocycles. The van der Waals surface area contributed by atoms with Gasteiger partial charge in [-0.3, -0.25) is 4.79 Å². The van der Waals surface area contributed by atoms with Crippen LogP contribution in [0.15, 0.2) is 24.3 Å². The summed E-state index contributed by atoms with van der Waals surface area (Å²) in [5, 5.41) is 6.08. The lowest BCUT2D eigenvalue weighted by Gasteiger charge is -2.32. The molecule has 1 aromatic rings. The first-order valence-corrected chi connectivity index (χ1v) is 8.55. The van der Waals surface area contributed by atoms with Crippen molar-refractivity contribution in [3.63, 3.8) is 0 Å². The average Bonchev–Trinajstić information content (AvgIpc) is 2.54. The second kappa shape index (κ2) is 8.77. The molecule has 0 atom stereocenters. The molecule has 0 spiro atoms. The molecule has 1 aliphatic heterocycles. The molecule has 23 heavy (non-hydrogen) atoms. The highest BCUT2D eigenvalue weighted by atomic mass is 16.1. The van der Waals surface area contributed by atoms with Crippen LogP contribution in [0.5, 0.6) is 0 Å². The molecule has 1 saturated heterocycles. The van der Waals surface area contributed by atoms with Crippen LogP contribution < -0.4 is 15.5 Å². The van der Waals surface area contributed by atoms with E-state index < -0.39 is 0 Å². The number of carbonyl (C=O) groups excluding carboxylic acids is 1. The van der Waals surface area contributed by atoms with Crippen LogP contribution in [-0.2, 0) is 4.79 Å².